The van der Waals surface area contributed by atoms with Crippen molar-refractivity contribution in [3.8, 4) is 11.1 Å². The first kappa shape index (κ1) is 13.4. The van der Waals surface area contributed by atoms with Crippen LogP contribution in [0.4, 0.5) is 0 Å². The molecule has 6 rings (SSSR count). The van der Waals surface area contributed by atoms with Gasteiger partial charge in [0.15, 0.2) is 0 Å². The van der Waals surface area contributed by atoms with Gasteiger partial charge < -0.3 is 0 Å². The Hall–Kier alpha value is -2.86. The lowest BCUT2D eigenvalue weighted by Crippen LogP contribution is -2.07. The average molecular weight is 318 g/mol. The summed E-state index contributed by atoms with van der Waals surface area (Å²) >= 11 is 0. The Morgan fingerprint density at radius 1 is 0.480 bits per heavy atom. The van der Waals surface area contributed by atoms with Gasteiger partial charge in [0.1, 0.15) is 0 Å². The maximum absolute atomic E-state index is 2.46. The standard InChI is InChI=1S/C25H18/c1-2-6-17-14-23-19(11-16(17)5-1)9-10-20-13-21-12-18-7-3-4-8-22(18)25(21)15-24(20)23/h1-10,13,15H,11-12,14H2. The largest absolute Gasteiger partial charge is 0.0620 e. The monoisotopic (exact) mass is 318 g/mol. The molecular weight excluding hydrogens is 300 g/mol. The van der Waals surface area contributed by atoms with E-state index in [-0.39, 0.29) is 0 Å². The van der Waals surface area contributed by atoms with Crippen LogP contribution in [-0.4, -0.2) is 0 Å². The van der Waals surface area contributed by atoms with Gasteiger partial charge in [-0.2, -0.15) is 0 Å². The van der Waals surface area contributed by atoms with Gasteiger partial charge in [-0.05, 0) is 80.6 Å². The van der Waals surface area contributed by atoms with Gasteiger partial charge in [0.05, 0.1) is 0 Å². The summed E-state index contributed by atoms with van der Waals surface area (Å²) in [6.07, 6.45) is 3.19. The lowest BCUT2D eigenvalue weighted by atomic mass is 9.83. The molecule has 0 unspecified atom stereocenters. The minimum absolute atomic E-state index is 1.06. The van der Waals surface area contributed by atoms with Gasteiger partial charge >= 0.3 is 0 Å². The van der Waals surface area contributed by atoms with E-state index < -0.39 is 0 Å². The van der Waals surface area contributed by atoms with Gasteiger partial charge in [-0.15, -0.1) is 0 Å². The third-order valence-corrected chi connectivity index (χ3v) is 6.01. The smallest absolute Gasteiger partial charge is 0.00132 e. The first-order chi connectivity index (χ1) is 12.4. The lowest BCUT2D eigenvalue weighted by Gasteiger charge is -2.22. The zero-order valence-corrected chi connectivity index (χ0v) is 14.0. The van der Waals surface area contributed by atoms with E-state index in [0.29, 0.717) is 0 Å². The number of rotatable bonds is 0. The highest BCUT2D eigenvalue weighted by molar-refractivity contribution is 5.95. The van der Waals surface area contributed by atoms with Gasteiger partial charge in [-0.3, -0.25) is 0 Å². The Morgan fingerprint density at radius 3 is 2.08 bits per heavy atom. The van der Waals surface area contributed by atoms with Gasteiger partial charge in [0.2, 0.25) is 0 Å². The zero-order valence-electron chi connectivity index (χ0n) is 14.0. The van der Waals surface area contributed by atoms with E-state index in [1.54, 1.807) is 0 Å². The molecule has 0 bridgehead atoms. The van der Waals surface area contributed by atoms with Crippen molar-refractivity contribution in [3.05, 3.63) is 106 Å². The van der Waals surface area contributed by atoms with Gasteiger partial charge in [-0.25, -0.2) is 0 Å². The minimum Gasteiger partial charge on any atom is -0.0620 e. The van der Waals surface area contributed by atoms with Gasteiger partial charge in [0, 0.05) is 0 Å². The fourth-order valence-electron chi connectivity index (χ4n) is 4.74. The molecule has 0 saturated carbocycles. The molecular formula is C25H18. The normalized spacial score (nSPS) is 13.9. The summed E-state index contributed by atoms with van der Waals surface area (Å²) < 4.78 is 0. The highest BCUT2D eigenvalue weighted by atomic mass is 14.3. The van der Waals surface area contributed by atoms with Gasteiger partial charge in [0.25, 0.3) is 0 Å². The van der Waals surface area contributed by atoms with Crippen LogP contribution in [0, 0.1) is 0 Å². The van der Waals surface area contributed by atoms with Crippen LogP contribution in [0.5, 0.6) is 0 Å². The highest BCUT2D eigenvalue weighted by Gasteiger charge is 2.22. The Morgan fingerprint density at radius 2 is 1.20 bits per heavy atom. The van der Waals surface area contributed by atoms with Crippen LogP contribution < -0.4 is 0 Å². The number of hydrogen-bond acceptors (Lipinski definition) is 0. The van der Waals surface area contributed by atoms with Crippen LogP contribution in [0.1, 0.15) is 33.4 Å². The summed E-state index contributed by atoms with van der Waals surface area (Å²) in [5, 5.41) is 2.84. The molecule has 0 saturated heterocycles. The summed E-state index contributed by atoms with van der Waals surface area (Å²) in [4.78, 5) is 0. The molecule has 0 N–H and O–H groups in total. The first-order valence-corrected chi connectivity index (χ1v) is 9.09. The van der Waals surface area contributed by atoms with Crippen LogP contribution in [0.15, 0.2) is 72.8 Å². The molecule has 25 heavy (non-hydrogen) atoms. The third-order valence-electron chi connectivity index (χ3n) is 6.01. The second-order valence-corrected chi connectivity index (χ2v) is 7.39. The summed E-state index contributed by atoms with van der Waals surface area (Å²) in [6, 6.07) is 27.3. The molecule has 0 heteroatoms. The highest BCUT2D eigenvalue weighted by Crippen LogP contribution is 2.41. The third kappa shape index (κ3) is 1.88. The Labute approximate surface area is 147 Å². The van der Waals surface area contributed by atoms with Crippen LogP contribution in [-0.2, 0) is 19.3 Å². The second kappa shape index (κ2) is 4.83. The maximum Gasteiger partial charge on any atom is -0.00132 e. The first-order valence-electron chi connectivity index (χ1n) is 9.09. The number of fused-ring (bicyclic) bond motifs is 7. The van der Waals surface area contributed by atoms with E-state index in [0.717, 1.165) is 19.3 Å². The quantitative estimate of drug-likeness (QED) is 0.327. The van der Waals surface area contributed by atoms with Crippen LogP contribution in [0.2, 0.25) is 0 Å². The van der Waals surface area contributed by atoms with Crippen molar-refractivity contribution in [2.24, 2.45) is 0 Å². The van der Waals surface area contributed by atoms with E-state index in [9.17, 15) is 0 Å². The van der Waals surface area contributed by atoms with Crippen molar-refractivity contribution in [2.75, 3.05) is 0 Å². The minimum atomic E-state index is 1.06. The Bertz CT molecular complexity index is 1160. The van der Waals surface area contributed by atoms with Crippen molar-refractivity contribution in [1.29, 1.82) is 0 Å². The molecule has 0 atom stereocenters. The van der Waals surface area contributed by atoms with E-state index in [1.807, 2.05) is 0 Å². The van der Waals surface area contributed by atoms with Crippen molar-refractivity contribution in [2.45, 2.75) is 19.3 Å². The number of benzene rings is 4. The molecule has 0 spiro atoms. The van der Waals surface area contributed by atoms with Crippen LogP contribution in [0.25, 0.3) is 21.9 Å². The fraction of sp³-hybridized carbons (Fsp3) is 0.120. The summed E-state index contributed by atoms with van der Waals surface area (Å²) in [5.74, 6) is 0. The van der Waals surface area contributed by atoms with Crippen molar-refractivity contribution in [3.63, 3.8) is 0 Å². The van der Waals surface area contributed by atoms with E-state index in [2.05, 4.69) is 72.8 Å². The molecule has 0 aromatic heterocycles. The fourth-order valence-corrected chi connectivity index (χ4v) is 4.74. The predicted octanol–water partition coefficient (Wildman–Crippen LogP) is 5.91. The molecule has 2 aliphatic carbocycles. The topological polar surface area (TPSA) is 0 Å². The number of hydrogen-bond donors (Lipinski definition) is 0. The van der Waals surface area contributed by atoms with E-state index >= 15 is 0 Å². The summed E-state index contributed by atoms with van der Waals surface area (Å²) in [5.41, 5.74) is 11.8. The predicted molar refractivity (Wildman–Crippen MR) is 104 cm³/mol. The molecule has 4 aromatic rings. The second-order valence-electron chi connectivity index (χ2n) is 7.39. The molecule has 0 radical (unpaired) electrons. The SMILES string of the molecule is c1ccc2c(c1)Cc1ccc3cc4c(cc3c1C2)-c1ccccc1C4. The van der Waals surface area contributed by atoms with Crippen LogP contribution in [0.3, 0.4) is 0 Å². The van der Waals surface area contributed by atoms with Gasteiger partial charge in [-0.1, -0.05) is 66.7 Å². The van der Waals surface area contributed by atoms with Crippen LogP contribution >= 0.6 is 0 Å². The average Bonchev–Trinajstić information content (AvgIpc) is 3.02. The lowest BCUT2D eigenvalue weighted by molar-refractivity contribution is 1.01. The zero-order chi connectivity index (χ0) is 16.4. The van der Waals surface area contributed by atoms with Crippen molar-refractivity contribution < 1.29 is 0 Å². The molecule has 0 heterocycles. The van der Waals surface area contributed by atoms with Crippen molar-refractivity contribution in [1.82, 2.24) is 0 Å². The van der Waals surface area contributed by atoms with E-state index in [1.165, 1.54) is 55.3 Å². The summed E-state index contributed by atoms with van der Waals surface area (Å²) in [6.45, 7) is 0. The summed E-state index contributed by atoms with van der Waals surface area (Å²) in [7, 11) is 0. The Kier molecular flexibility index (Phi) is 2.59. The maximum atomic E-state index is 2.46. The molecule has 2 aliphatic rings. The Balaban J connectivity index is 1.60. The molecule has 0 aliphatic heterocycles. The molecule has 0 amide bonds. The molecule has 4 aromatic carbocycles. The van der Waals surface area contributed by atoms with E-state index in [4.69, 9.17) is 0 Å². The molecule has 118 valence electrons. The molecule has 0 fully saturated rings. The molecule has 0 nitrogen and oxygen atoms in total. The van der Waals surface area contributed by atoms with Crippen molar-refractivity contribution >= 4 is 10.8 Å².